The van der Waals surface area contributed by atoms with Crippen LogP contribution < -0.4 is 14.6 Å². The van der Waals surface area contributed by atoms with Crippen molar-refractivity contribution in [2.24, 2.45) is 9.98 Å². The van der Waals surface area contributed by atoms with Gasteiger partial charge in [0, 0.05) is 12.4 Å². The number of hydrogen-bond donors (Lipinski definition) is 2. The molecule has 2 aromatic rings. The predicted octanol–water partition coefficient (Wildman–Crippen LogP) is 2.02. The molecule has 0 saturated carbocycles. The maximum absolute atomic E-state index is 10.4. The molecule has 0 fully saturated rings. The van der Waals surface area contributed by atoms with E-state index in [0.717, 1.165) is 11.1 Å². The molecule has 9 nitrogen and oxygen atoms in total. The van der Waals surface area contributed by atoms with Crippen molar-refractivity contribution >= 4 is 30.5 Å². The highest BCUT2D eigenvalue weighted by Gasteiger charge is 1.99. The van der Waals surface area contributed by atoms with Crippen LogP contribution in [0.1, 0.15) is 11.1 Å². The normalized spacial score (nSPS) is 10.9. The summed E-state index contributed by atoms with van der Waals surface area (Å²) in [7, 11) is 0. The topological polar surface area (TPSA) is 144 Å². The van der Waals surface area contributed by atoms with E-state index >= 15 is 0 Å². The zero-order chi connectivity index (χ0) is 20.4. The van der Waals surface area contributed by atoms with E-state index in [-0.39, 0.29) is 24.6 Å². The fraction of sp³-hybridized carbons (Fsp3) is 0.105. The summed E-state index contributed by atoms with van der Waals surface area (Å²) in [5.41, 5.74) is 1.77. The summed E-state index contributed by atoms with van der Waals surface area (Å²) in [4.78, 5) is 29.0. The van der Waals surface area contributed by atoms with Crippen LogP contribution in [0.15, 0.2) is 58.5 Å². The number of carbonyl (C=O) groups excluding carboxylic acids is 1. The first-order chi connectivity index (χ1) is 13.4. The van der Waals surface area contributed by atoms with Crippen LogP contribution >= 0.6 is 0 Å². The van der Waals surface area contributed by atoms with E-state index in [1.54, 1.807) is 36.7 Å². The minimum absolute atomic E-state index is 0.154. The van der Waals surface area contributed by atoms with Crippen molar-refractivity contribution < 1.29 is 29.3 Å². The average Bonchev–Trinajstić information content (AvgIpc) is 2.64. The van der Waals surface area contributed by atoms with Gasteiger partial charge in [0.25, 0.3) is 6.16 Å². The Bertz CT molecular complexity index is 815. The van der Waals surface area contributed by atoms with Gasteiger partial charge in [-0.15, -0.1) is 0 Å². The molecule has 0 atom stereocenters. The Morgan fingerprint density at radius 2 is 1.32 bits per heavy atom. The van der Waals surface area contributed by atoms with Crippen LogP contribution in [-0.4, -0.2) is 48.6 Å². The molecule has 0 aliphatic rings. The number of carboxylic acid groups (broad SMARTS) is 2. The molecule has 2 rings (SSSR count). The Kier molecular flexibility index (Phi) is 7.41. The third kappa shape index (κ3) is 7.48. The summed E-state index contributed by atoms with van der Waals surface area (Å²) in [6.45, 7) is 0.336. The number of rotatable bonds is 8. The molecule has 2 aromatic carbocycles. The first-order valence-corrected chi connectivity index (χ1v) is 7.98. The summed E-state index contributed by atoms with van der Waals surface area (Å²) >= 11 is 0. The van der Waals surface area contributed by atoms with E-state index < -0.39 is 12.3 Å². The van der Waals surface area contributed by atoms with Gasteiger partial charge >= 0.3 is 6.16 Å². The van der Waals surface area contributed by atoms with Crippen molar-refractivity contribution in [3.8, 4) is 11.5 Å². The van der Waals surface area contributed by atoms with E-state index in [1.807, 2.05) is 0 Å². The van der Waals surface area contributed by atoms with E-state index in [9.17, 15) is 14.7 Å². The quantitative estimate of drug-likeness (QED) is 0.406. The van der Waals surface area contributed by atoms with Crippen LogP contribution in [0.25, 0.3) is 0 Å². The second-order valence-electron chi connectivity index (χ2n) is 5.40. The highest BCUT2D eigenvalue weighted by molar-refractivity contribution is 5.90. The molecule has 0 amide bonds. The van der Waals surface area contributed by atoms with Crippen molar-refractivity contribution in [3.05, 3.63) is 59.7 Å². The van der Waals surface area contributed by atoms with Gasteiger partial charge in [0.15, 0.2) is 0 Å². The lowest BCUT2D eigenvalue weighted by Gasteiger charge is -2.07. The molecule has 0 bridgehead atoms. The van der Waals surface area contributed by atoms with Crippen molar-refractivity contribution in [1.82, 2.24) is 0 Å². The standard InChI is InChI=1S/C19H17N3O6/c20-15(11-21-9-13-1-5-16(6-2-13)27-18(23)24)12-22-10-14-3-7-17(8-4-14)28-19(25)26/h1-10,20H,11-12H2,(H,23,24)(H,25,26)/p-1. The van der Waals surface area contributed by atoms with Crippen LogP contribution in [-0.2, 0) is 0 Å². The third-order valence-electron chi connectivity index (χ3n) is 3.21. The molecule has 0 aliphatic carbocycles. The molecule has 0 saturated heterocycles. The van der Waals surface area contributed by atoms with Crippen molar-refractivity contribution in [2.75, 3.05) is 13.1 Å². The van der Waals surface area contributed by atoms with Gasteiger partial charge in [0.05, 0.1) is 24.6 Å². The number of hydrogen-bond acceptors (Lipinski definition) is 8. The van der Waals surface area contributed by atoms with E-state index in [2.05, 4.69) is 19.5 Å². The summed E-state index contributed by atoms with van der Waals surface area (Å²) in [6, 6.07) is 12.5. The van der Waals surface area contributed by atoms with Crippen LogP contribution in [0, 0.1) is 5.41 Å². The third-order valence-corrected chi connectivity index (χ3v) is 3.21. The lowest BCUT2D eigenvalue weighted by atomic mass is 10.2. The number of nitrogens with zero attached hydrogens (tertiary/aromatic N) is 2. The van der Waals surface area contributed by atoms with Gasteiger partial charge in [-0.25, -0.2) is 4.79 Å². The number of ether oxygens (including phenoxy) is 2. The van der Waals surface area contributed by atoms with E-state index in [4.69, 9.17) is 10.5 Å². The Hall–Kier alpha value is -4.01. The SMILES string of the molecule is N=C(CN=Cc1ccc(OC(=O)[O-])cc1)CN=Cc1ccc(OC(=O)O)cc1. The number of nitrogens with one attached hydrogen (secondary N) is 1. The Balaban J connectivity index is 1.77. The second kappa shape index (κ2) is 10.2. The minimum Gasteiger partial charge on any atom is -0.514 e. The van der Waals surface area contributed by atoms with Gasteiger partial charge in [-0.05, 0) is 47.5 Å². The smallest absolute Gasteiger partial charge is 0.511 e. The summed E-state index contributed by atoms with van der Waals surface area (Å²) in [5, 5.41) is 26.7. The lowest BCUT2D eigenvalue weighted by Crippen LogP contribution is -2.26. The molecule has 0 aromatic heterocycles. The number of carbonyl (C=O) groups is 2. The zero-order valence-electron chi connectivity index (χ0n) is 14.6. The largest absolute Gasteiger partial charge is 0.514 e. The fourth-order valence-corrected chi connectivity index (χ4v) is 2.01. The highest BCUT2D eigenvalue weighted by atomic mass is 16.7. The summed E-state index contributed by atoms with van der Waals surface area (Å²) < 4.78 is 8.90. The van der Waals surface area contributed by atoms with Crippen molar-refractivity contribution in [1.29, 1.82) is 5.41 Å². The molecular weight excluding hydrogens is 366 g/mol. The molecule has 0 radical (unpaired) electrons. The molecule has 0 heterocycles. The number of aliphatic imine (C=N–C) groups is 2. The molecule has 2 N–H and O–H groups in total. The second-order valence-corrected chi connectivity index (χ2v) is 5.40. The lowest BCUT2D eigenvalue weighted by molar-refractivity contribution is -0.271. The van der Waals surface area contributed by atoms with Gasteiger partial charge < -0.3 is 29.9 Å². The molecule has 28 heavy (non-hydrogen) atoms. The molecule has 0 spiro atoms. The van der Waals surface area contributed by atoms with E-state index in [1.165, 1.54) is 24.3 Å². The molecule has 0 aliphatic heterocycles. The molecular formula is C19H16N3O6-. The molecule has 144 valence electrons. The molecule has 0 unspecified atom stereocenters. The molecule has 9 heteroatoms. The summed E-state index contributed by atoms with van der Waals surface area (Å²) in [6.07, 6.45) is 0.123. The fourth-order valence-electron chi connectivity index (χ4n) is 2.01. The van der Waals surface area contributed by atoms with Crippen LogP contribution in [0.5, 0.6) is 11.5 Å². The van der Waals surface area contributed by atoms with Crippen molar-refractivity contribution in [2.45, 2.75) is 0 Å². The maximum Gasteiger partial charge on any atom is 0.511 e. The van der Waals surface area contributed by atoms with Crippen LogP contribution in [0.4, 0.5) is 9.59 Å². The van der Waals surface area contributed by atoms with Gasteiger partial charge in [-0.1, -0.05) is 12.1 Å². The maximum atomic E-state index is 10.4. The Morgan fingerprint density at radius 3 is 1.71 bits per heavy atom. The Labute approximate surface area is 160 Å². The van der Waals surface area contributed by atoms with Gasteiger partial charge in [-0.3, -0.25) is 9.98 Å². The zero-order valence-corrected chi connectivity index (χ0v) is 14.6. The number of benzene rings is 2. The van der Waals surface area contributed by atoms with Crippen LogP contribution in [0.2, 0.25) is 0 Å². The summed E-state index contributed by atoms with van der Waals surface area (Å²) in [5.74, 6) is 0.368. The highest BCUT2D eigenvalue weighted by Crippen LogP contribution is 2.11. The Morgan fingerprint density at radius 1 is 0.893 bits per heavy atom. The van der Waals surface area contributed by atoms with Crippen molar-refractivity contribution in [3.63, 3.8) is 0 Å². The van der Waals surface area contributed by atoms with Gasteiger partial charge in [0.2, 0.25) is 0 Å². The van der Waals surface area contributed by atoms with Gasteiger partial charge in [0.1, 0.15) is 5.75 Å². The monoisotopic (exact) mass is 382 g/mol. The van der Waals surface area contributed by atoms with E-state index in [0.29, 0.717) is 5.71 Å². The van der Waals surface area contributed by atoms with Gasteiger partial charge in [-0.2, -0.15) is 0 Å². The first kappa shape index (κ1) is 20.3. The average molecular weight is 382 g/mol. The minimum atomic E-state index is -1.63. The first-order valence-electron chi connectivity index (χ1n) is 7.98. The van der Waals surface area contributed by atoms with Crippen LogP contribution in [0.3, 0.4) is 0 Å². The predicted molar refractivity (Wildman–Crippen MR) is 100 cm³/mol.